The zero-order valence-corrected chi connectivity index (χ0v) is 16.8. The molecule has 1 amide bonds. The lowest BCUT2D eigenvalue weighted by atomic mass is 9.84. The molecule has 2 unspecified atom stereocenters. The average molecular weight is 400 g/mol. The Labute approximate surface area is 160 Å². The number of nitrogens with one attached hydrogen (secondary N) is 1. The number of nitrogens with two attached hydrogens (primary N) is 1. The third kappa shape index (κ3) is 4.65. The summed E-state index contributed by atoms with van der Waals surface area (Å²) in [5, 5.41) is 3.11. The molecule has 2 fully saturated rings. The quantitative estimate of drug-likeness (QED) is 0.766. The van der Waals surface area contributed by atoms with Gasteiger partial charge in [-0.1, -0.05) is 19.3 Å². The molecule has 1 saturated heterocycles. The van der Waals surface area contributed by atoms with Crippen molar-refractivity contribution in [2.75, 3.05) is 19.6 Å². The van der Waals surface area contributed by atoms with Crippen LogP contribution in [-0.4, -0.2) is 44.3 Å². The number of carbonyl (C=O) groups excluding carboxylic acids is 1. The number of hydrogen-bond donors (Lipinski definition) is 2. The molecule has 1 aromatic heterocycles. The van der Waals surface area contributed by atoms with Gasteiger partial charge in [-0.2, -0.15) is 4.31 Å². The Bertz CT molecular complexity index is 711. The summed E-state index contributed by atoms with van der Waals surface area (Å²) in [6.07, 6.45) is 7.51. The largest absolute Gasteiger partial charge is 0.353 e. The minimum Gasteiger partial charge on any atom is -0.353 e. The van der Waals surface area contributed by atoms with E-state index in [0.717, 1.165) is 43.4 Å². The SMILES string of the molecule is NCC1CCCCC1NC(=O)Cc1ccc(S(=O)(=O)N2CCCCC2)s1. The second-order valence-electron chi connectivity index (χ2n) is 7.32. The van der Waals surface area contributed by atoms with Crippen molar-refractivity contribution in [3.63, 3.8) is 0 Å². The molecule has 0 aromatic carbocycles. The first kappa shape index (κ1) is 19.8. The third-order valence-corrected chi connectivity index (χ3v) is 8.89. The van der Waals surface area contributed by atoms with Crippen molar-refractivity contribution < 1.29 is 13.2 Å². The van der Waals surface area contributed by atoms with Crippen LogP contribution < -0.4 is 11.1 Å². The second-order valence-corrected chi connectivity index (χ2v) is 10.6. The Balaban J connectivity index is 1.60. The maximum Gasteiger partial charge on any atom is 0.252 e. The number of carbonyl (C=O) groups is 1. The molecular formula is C18H29N3O3S2. The predicted octanol–water partition coefficient (Wildman–Crippen LogP) is 2.10. The van der Waals surface area contributed by atoms with Gasteiger partial charge in [0.25, 0.3) is 10.0 Å². The van der Waals surface area contributed by atoms with Gasteiger partial charge in [0.1, 0.15) is 4.21 Å². The normalized spacial score (nSPS) is 25.1. The molecule has 3 N–H and O–H groups in total. The van der Waals surface area contributed by atoms with Crippen molar-refractivity contribution in [3.05, 3.63) is 17.0 Å². The Morgan fingerprint density at radius 1 is 1.15 bits per heavy atom. The van der Waals surface area contributed by atoms with Gasteiger partial charge in [0.15, 0.2) is 0 Å². The van der Waals surface area contributed by atoms with Gasteiger partial charge in [0.05, 0.1) is 6.42 Å². The second kappa shape index (κ2) is 8.82. The molecule has 1 aliphatic heterocycles. The molecule has 3 rings (SSSR count). The Hall–Kier alpha value is -0.960. The Kier molecular flexibility index (Phi) is 6.71. The summed E-state index contributed by atoms with van der Waals surface area (Å²) in [5.74, 6) is 0.310. The van der Waals surface area contributed by atoms with E-state index in [1.807, 2.05) is 0 Å². The lowest BCUT2D eigenvalue weighted by Gasteiger charge is -2.31. The van der Waals surface area contributed by atoms with Crippen LogP contribution in [0.15, 0.2) is 16.3 Å². The Morgan fingerprint density at radius 2 is 1.88 bits per heavy atom. The van der Waals surface area contributed by atoms with Gasteiger partial charge in [-0.15, -0.1) is 11.3 Å². The molecule has 2 aliphatic rings. The van der Waals surface area contributed by atoms with Gasteiger partial charge in [-0.3, -0.25) is 4.79 Å². The van der Waals surface area contributed by atoms with E-state index in [4.69, 9.17) is 5.73 Å². The number of nitrogens with zero attached hydrogens (tertiary/aromatic N) is 1. The van der Waals surface area contributed by atoms with Crippen LogP contribution in [0.4, 0.5) is 0 Å². The minimum atomic E-state index is -3.41. The van der Waals surface area contributed by atoms with E-state index in [-0.39, 0.29) is 18.4 Å². The fourth-order valence-corrected chi connectivity index (χ4v) is 6.95. The monoisotopic (exact) mass is 399 g/mol. The van der Waals surface area contributed by atoms with E-state index in [2.05, 4.69) is 5.32 Å². The number of thiophene rings is 1. The highest BCUT2D eigenvalue weighted by molar-refractivity contribution is 7.91. The summed E-state index contributed by atoms with van der Waals surface area (Å²) in [6.45, 7) is 1.79. The molecule has 26 heavy (non-hydrogen) atoms. The van der Waals surface area contributed by atoms with Crippen LogP contribution in [0.2, 0.25) is 0 Å². The molecule has 0 radical (unpaired) electrons. The summed E-state index contributed by atoms with van der Waals surface area (Å²) >= 11 is 1.22. The Morgan fingerprint density at radius 3 is 2.62 bits per heavy atom. The van der Waals surface area contributed by atoms with Crippen molar-refractivity contribution >= 4 is 27.3 Å². The minimum absolute atomic E-state index is 0.0425. The molecule has 0 bridgehead atoms. The third-order valence-electron chi connectivity index (χ3n) is 5.44. The van der Waals surface area contributed by atoms with Crippen molar-refractivity contribution in [2.45, 2.75) is 61.6 Å². The molecule has 2 heterocycles. The highest BCUT2D eigenvalue weighted by Crippen LogP contribution is 2.28. The average Bonchev–Trinajstić information content (AvgIpc) is 3.12. The highest BCUT2D eigenvalue weighted by Gasteiger charge is 2.28. The number of rotatable bonds is 6. The first-order valence-corrected chi connectivity index (χ1v) is 11.8. The molecule has 1 aliphatic carbocycles. The van der Waals surface area contributed by atoms with Gasteiger partial charge >= 0.3 is 0 Å². The summed E-state index contributed by atoms with van der Waals surface area (Å²) in [4.78, 5) is 13.2. The van der Waals surface area contributed by atoms with Crippen LogP contribution in [-0.2, 0) is 21.2 Å². The molecule has 0 spiro atoms. The molecule has 1 saturated carbocycles. The van der Waals surface area contributed by atoms with Gasteiger partial charge in [0.2, 0.25) is 5.91 Å². The van der Waals surface area contributed by atoms with E-state index in [1.54, 1.807) is 16.4 Å². The number of amides is 1. The van der Waals surface area contributed by atoms with Crippen LogP contribution in [0.5, 0.6) is 0 Å². The van der Waals surface area contributed by atoms with Crippen LogP contribution in [0, 0.1) is 5.92 Å². The summed E-state index contributed by atoms with van der Waals surface area (Å²) in [6, 6.07) is 3.56. The van der Waals surface area contributed by atoms with E-state index in [0.29, 0.717) is 29.8 Å². The topological polar surface area (TPSA) is 92.5 Å². The summed E-state index contributed by atoms with van der Waals surface area (Å²) in [5.41, 5.74) is 5.82. The van der Waals surface area contributed by atoms with E-state index >= 15 is 0 Å². The molecule has 146 valence electrons. The molecule has 2 atom stereocenters. The lowest BCUT2D eigenvalue weighted by molar-refractivity contribution is -0.121. The van der Waals surface area contributed by atoms with Crippen molar-refractivity contribution in [1.82, 2.24) is 9.62 Å². The number of sulfonamides is 1. The van der Waals surface area contributed by atoms with Crippen molar-refractivity contribution in [1.29, 1.82) is 0 Å². The van der Waals surface area contributed by atoms with Crippen molar-refractivity contribution in [3.8, 4) is 0 Å². The maximum absolute atomic E-state index is 12.7. The molecule has 1 aromatic rings. The molecular weight excluding hydrogens is 370 g/mol. The highest BCUT2D eigenvalue weighted by atomic mass is 32.2. The zero-order valence-electron chi connectivity index (χ0n) is 15.2. The van der Waals surface area contributed by atoms with Crippen LogP contribution in [0.25, 0.3) is 0 Å². The zero-order chi connectivity index (χ0) is 18.6. The van der Waals surface area contributed by atoms with Crippen molar-refractivity contribution in [2.24, 2.45) is 11.7 Å². The van der Waals surface area contributed by atoms with Crippen LogP contribution >= 0.6 is 11.3 Å². The van der Waals surface area contributed by atoms with Gasteiger partial charge in [-0.25, -0.2) is 8.42 Å². The van der Waals surface area contributed by atoms with Gasteiger partial charge < -0.3 is 11.1 Å². The van der Waals surface area contributed by atoms with Crippen LogP contribution in [0.1, 0.15) is 49.8 Å². The first-order valence-electron chi connectivity index (χ1n) is 9.59. The van der Waals surface area contributed by atoms with Gasteiger partial charge in [-0.05, 0) is 50.3 Å². The van der Waals surface area contributed by atoms with E-state index < -0.39 is 10.0 Å². The smallest absolute Gasteiger partial charge is 0.252 e. The first-order chi connectivity index (χ1) is 12.5. The fraction of sp³-hybridized carbons (Fsp3) is 0.722. The molecule has 8 heteroatoms. The fourth-order valence-electron chi connectivity index (χ4n) is 3.92. The molecule has 6 nitrogen and oxygen atoms in total. The predicted molar refractivity (Wildman–Crippen MR) is 104 cm³/mol. The summed E-state index contributed by atoms with van der Waals surface area (Å²) in [7, 11) is -3.41. The number of piperidine rings is 1. The van der Waals surface area contributed by atoms with E-state index in [9.17, 15) is 13.2 Å². The van der Waals surface area contributed by atoms with Gasteiger partial charge in [0, 0.05) is 24.0 Å². The summed E-state index contributed by atoms with van der Waals surface area (Å²) < 4.78 is 27.3. The standard InChI is InChI=1S/C18H29N3O3S2/c19-13-14-6-2-3-7-16(14)20-17(22)12-15-8-9-18(25-15)26(23,24)21-10-4-1-5-11-21/h8-9,14,16H,1-7,10-13,19H2,(H,20,22). The van der Waals surface area contributed by atoms with E-state index in [1.165, 1.54) is 17.8 Å². The lowest BCUT2D eigenvalue weighted by Crippen LogP contribution is -2.45. The van der Waals surface area contributed by atoms with Crippen LogP contribution in [0.3, 0.4) is 0 Å². The maximum atomic E-state index is 12.7. The number of hydrogen-bond acceptors (Lipinski definition) is 5.